The summed E-state index contributed by atoms with van der Waals surface area (Å²) in [6, 6.07) is 12.5. The van der Waals surface area contributed by atoms with Gasteiger partial charge in [0.25, 0.3) is 5.91 Å². The largest absolute Gasteiger partial charge is 0.504 e. The molecule has 2 aromatic rings. The highest BCUT2D eigenvalue weighted by Gasteiger charge is 2.05. The molecule has 0 saturated carbocycles. The second kappa shape index (κ2) is 9.46. The molecule has 1 atom stereocenters. The molecule has 0 radical (unpaired) electrons. The van der Waals surface area contributed by atoms with E-state index >= 15 is 0 Å². The minimum Gasteiger partial charge on any atom is -0.504 e. The second-order valence-corrected chi connectivity index (χ2v) is 5.89. The summed E-state index contributed by atoms with van der Waals surface area (Å²) < 4.78 is 10.5. The third kappa shape index (κ3) is 5.51. The van der Waals surface area contributed by atoms with E-state index < -0.39 is 0 Å². The number of hydrogen-bond donors (Lipinski definition) is 2. The topological polar surface area (TPSA) is 80.2 Å². The number of nitrogens with zero attached hydrogens (tertiary/aromatic N) is 1. The van der Waals surface area contributed by atoms with Crippen molar-refractivity contribution in [3.8, 4) is 17.2 Å². The smallest absolute Gasteiger partial charge is 0.277 e. The predicted octanol–water partition coefficient (Wildman–Crippen LogP) is 3.44. The lowest BCUT2D eigenvalue weighted by Gasteiger charge is -2.10. The molecule has 2 rings (SSSR count). The summed E-state index contributed by atoms with van der Waals surface area (Å²) >= 11 is 0. The molecule has 2 aromatic carbocycles. The molecule has 0 fully saturated rings. The Morgan fingerprint density at radius 2 is 2.00 bits per heavy atom. The number of phenols is 1. The number of hydrazone groups is 1. The van der Waals surface area contributed by atoms with Crippen molar-refractivity contribution < 1.29 is 19.4 Å². The number of aromatic hydroxyl groups is 1. The van der Waals surface area contributed by atoms with Gasteiger partial charge in [-0.15, -0.1) is 0 Å². The molecule has 0 spiro atoms. The minimum absolute atomic E-state index is 0.0430. The van der Waals surface area contributed by atoms with Crippen LogP contribution >= 0.6 is 0 Å². The molecule has 2 N–H and O–H groups in total. The molecule has 0 bridgehead atoms. The van der Waals surface area contributed by atoms with Gasteiger partial charge in [-0.25, -0.2) is 5.43 Å². The van der Waals surface area contributed by atoms with Crippen LogP contribution in [0.25, 0.3) is 0 Å². The zero-order valence-electron chi connectivity index (χ0n) is 15.2. The van der Waals surface area contributed by atoms with Crippen molar-refractivity contribution in [1.29, 1.82) is 0 Å². The maximum Gasteiger partial charge on any atom is 0.277 e. The van der Waals surface area contributed by atoms with Crippen LogP contribution in [-0.4, -0.2) is 30.9 Å². The Kier molecular flexibility index (Phi) is 7.02. The molecule has 6 heteroatoms. The highest BCUT2D eigenvalue weighted by molar-refractivity contribution is 5.83. The van der Waals surface area contributed by atoms with Crippen LogP contribution < -0.4 is 14.9 Å². The van der Waals surface area contributed by atoms with Gasteiger partial charge in [-0.3, -0.25) is 4.79 Å². The Bertz CT molecular complexity index is 757. The number of benzene rings is 2. The first-order valence-corrected chi connectivity index (χ1v) is 8.45. The monoisotopic (exact) mass is 356 g/mol. The molecule has 0 aliphatic rings. The van der Waals surface area contributed by atoms with Crippen molar-refractivity contribution in [3.63, 3.8) is 0 Å². The van der Waals surface area contributed by atoms with Gasteiger partial charge in [0, 0.05) is 0 Å². The number of hydrogen-bond acceptors (Lipinski definition) is 5. The van der Waals surface area contributed by atoms with Crippen LogP contribution in [0, 0.1) is 0 Å². The summed E-state index contributed by atoms with van der Waals surface area (Å²) in [4.78, 5) is 11.8. The maximum absolute atomic E-state index is 11.8. The normalized spacial score (nSPS) is 12.0. The molecular formula is C20H24N2O4. The Balaban J connectivity index is 1.81. The van der Waals surface area contributed by atoms with Crippen LogP contribution in [0.1, 0.15) is 37.3 Å². The summed E-state index contributed by atoms with van der Waals surface area (Å²) in [6.07, 6.45) is 2.54. The number of methoxy groups -OCH3 is 1. The molecular weight excluding hydrogens is 332 g/mol. The lowest BCUT2D eigenvalue weighted by atomic mass is 9.99. The Morgan fingerprint density at radius 1 is 1.27 bits per heavy atom. The lowest BCUT2D eigenvalue weighted by molar-refractivity contribution is -0.123. The minimum atomic E-state index is -0.363. The van der Waals surface area contributed by atoms with E-state index in [-0.39, 0.29) is 18.3 Å². The third-order valence-electron chi connectivity index (χ3n) is 4.04. The van der Waals surface area contributed by atoms with Gasteiger partial charge >= 0.3 is 0 Å². The fourth-order valence-corrected chi connectivity index (χ4v) is 2.26. The summed E-state index contributed by atoms with van der Waals surface area (Å²) in [5.74, 6) is 1.16. The van der Waals surface area contributed by atoms with Crippen LogP contribution in [0.3, 0.4) is 0 Å². The summed E-state index contributed by atoms with van der Waals surface area (Å²) in [6.45, 7) is 4.19. The van der Waals surface area contributed by atoms with Crippen molar-refractivity contribution >= 4 is 12.1 Å². The number of ether oxygens (including phenoxy) is 2. The van der Waals surface area contributed by atoms with Gasteiger partial charge < -0.3 is 14.6 Å². The lowest BCUT2D eigenvalue weighted by Crippen LogP contribution is -2.24. The first-order valence-electron chi connectivity index (χ1n) is 8.45. The first-order chi connectivity index (χ1) is 12.5. The molecule has 0 aliphatic carbocycles. The first kappa shape index (κ1) is 19.3. The van der Waals surface area contributed by atoms with Crippen molar-refractivity contribution in [2.75, 3.05) is 13.7 Å². The maximum atomic E-state index is 11.8. The molecule has 26 heavy (non-hydrogen) atoms. The van der Waals surface area contributed by atoms with Crippen LogP contribution in [0.4, 0.5) is 0 Å². The summed E-state index contributed by atoms with van der Waals surface area (Å²) in [7, 11) is 1.46. The predicted molar refractivity (Wildman–Crippen MR) is 101 cm³/mol. The van der Waals surface area contributed by atoms with E-state index in [1.54, 1.807) is 12.1 Å². The standard InChI is InChI=1S/C20H24N2O4/c1-4-14(2)16-6-8-17(9-7-16)26-13-20(24)22-21-12-15-5-10-18(23)19(11-15)25-3/h5-12,14,23H,4,13H2,1-3H3,(H,22,24). The van der Waals surface area contributed by atoms with E-state index in [0.717, 1.165) is 6.42 Å². The number of carbonyl (C=O) groups is 1. The Labute approximate surface area is 153 Å². The second-order valence-electron chi connectivity index (χ2n) is 5.89. The molecule has 0 saturated heterocycles. The van der Waals surface area contributed by atoms with Crippen LogP contribution in [0.2, 0.25) is 0 Å². The van der Waals surface area contributed by atoms with Gasteiger partial charge in [0.2, 0.25) is 0 Å². The van der Waals surface area contributed by atoms with Gasteiger partial charge in [-0.2, -0.15) is 5.10 Å². The number of amides is 1. The van der Waals surface area contributed by atoms with E-state index in [1.807, 2.05) is 24.3 Å². The molecule has 0 aliphatic heterocycles. The van der Waals surface area contributed by atoms with Crippen molar-refractivity contribution in [1.82, 2.24) is 5.43 Å². The van der Waals surface area contributed by atoms with E-state index in [2.05, 4.69) is 24.4 Å². The zero-order valence-corrected chi connectivity index (χ0v) is 15.2. The van der Waals surface area contributed by atoms with Crippen molar-refractivity contribution in [3.05, 3.63) is 53.6 Å². The zero-order chi connectivity index (χ0) is 18.9. The third-order valence-corrected chi connectivity index (χ3v) is 4.04. The average Bonchev–Trinajstić information content (AvgIpc) is 2.67. The van der Waals surface area contributed by atoms with Gasteiger partial charge in [0.05, 0.1) is 13.3 Å². The number of carbonyl (C=O) groups excluding carboxylic acids is 1. The summed E-state index contributed by atoms with van der Waals surface area (Å²) in [5.41, 5.74) is 4.32. The Hall–Kier alpha value is -3.02. The molecule has 6 nitrogen and oxygen atoms in total. The van der Waals surface area contributed by atoms with Crippen molar-refractivity contribution in [2.24, 2.45) is 5.10 Å². The van der Waals surface area contributed by atoms with Crippen LogP contribution in [0.15, 0.2) is 47.6 Å². The van der Waals surface area contributed by atoms with Crippen molar-refractivity contribution in [2.45, 2.75) is 26.2 Å². The molecule has 0 heterocycles. The fourth-order valence-electron chi connectivity index (χ4n) is 2.26. The fraction of sp³-hybridized carbons (Fsp3) is 0.300. The highest BCUT2D eigenvalue weighted by Crippen LogP contribution is 2.25. The SMILES string of the molecule is CCC(C)c1ccc(OCC(=O)NN=Cc2ccc(O)c(OC)c2)cc1. The van der Waals surface area contributed by atoms with Gasteiger partial charge in [-0.05, 0) is 53.8 Å². The van der Waals surface area contributed by atoms with Gasteiger partial charge in [0.1, 0.15) is 5.75 Å². The highest BCUT2D eigenvalue weighted by atomic mass is 16.5. The molecule has 1 unspecified atom stereocenters. The quantitative estimate of drug-likeness (QED) is 0.561. The number of phenolic OH excluding ortho intramolecular Hbond substituents is 1. The van der Waals surface area contributed by atoms with E-state index in [1.165, 1.54) is 25.0 Å². The molecule has 0 aromatic heterocycles. The molecule has 1 amide bonds. The number of nitrogens with one attached hydrogen (secondary N) is 1. The average molecular weight is 356 g/mol. The van der Waals surface area contributed by atoms with E-state index in [9.17, 15) is 9.90 Å². The van der Waals surface area contributed by atoms with Gasteiger partial charge in [0.15, 0.2) is 18.1 Å². The van der Waals surface area contributed by atoms with Crippen LogP contribution in [0.5, 0.6) is 17.2 Å². The van der Waals surface area contributed by atoms with Gasteiger partial charge in [-0.1, -0.05) is 26.0 Å². The van der Waals surface area contributed by atoms with Crippen LogP contribution in [-0.2, 0) is 4.79 Å². The number of rotatable bonds is 8. The molecule has 138 valence electrons. The van der Waals surface area contributed by atoms with E-state index in [0.29, 0.717) is 23.0 Å². The Morgan fingerprint density at radius 3 is 2.65 bits per heavy atom. The summed E-state index contributed by atoms with van der Waals surface area (Å²) in [5, 5.41) is 13.4. The van der Waals surface area contributed by atoms with E-state index in [4.69, 9.17) is 9.47 Å².